The van der Waals surface area contributed by atoms with E-state index in [1.165, 1.54) is 5.56 Å². The average Bonchev–Trinajstić information content (AvgIpc) is 2.44. The number of hydrogen-bond acceptors (Lipinski definition) is 2. The molecular formula is C16H15BrClNO. The second-order valence-electron chi connectivity index (χ2n) is 4.49. The summed E-state index contributed by atoms with van der Waals surface area (Å²) in [7, 11) is 0. The van der Waals surface area contributed by atoms with Gasteiger partial charge in [-0.15, -0.1) is 0 Å². The lowest BCUT2D eigenvalue weighted by atomic mass is 10.1. The second-order valence-corrected chi connectivity index (χ2v) is 5.84. The predicted octanol–water partition coefficient (Wildman–Crippen LogP) is 4.12. The highest BCUT2D eigenvalue weighted by Crippen LogP contribution is 2.12. The molecule has 2 rings (SSSR count). The van der Waals surface area contributed by atoms with Crippen molar-refractivity contribution in [1.29, 1.82) is 0 Å². The molecule has 0 saturated heterocycles. The van der Waals surface area contributed by atoms with Crippen LogP contribution in [0.4, 0.5) is 0 Å². The van der Waals surface area contributed by atoms with E-state index < -0.39 is 0 Å². The molecule has 0 aliphatic carbocycles. The van der Waals surface area contributed by atoms with E-state index in [0.717, 1.165) is 17.4 Å². The summed E-state index contributed by atoms with van der Waals surface area (Å²) in [6.45, 7) is 1.12. The minimum atomic E-state index is 0.0795. The molecule has 0 bridgehead atoms. The van der Waals surface area contributed by atoms with Crippen molar-refractivity contribution in [3.8, 4) is 0 Å². The molecule has 0 aromatic heterocycles. The highest BCUT2D eigenvalue weighted by atomic mass is 79.9. The van der Waals surface area contributed by atoms with E-state index in [0.29, 0.717) is 17.1 Å². The van der Waals surface area contributed by atoms with Crippen molar-refractivity contribution in [2.75, 3.05) is 13.1 Å². The maximum Gasteiger partial charge on any atom is 0.176 e. The van der Waals surface area contributed by atoms with E-state index in [4.69, 9.17) is 11.6 Å². The normalized spacial score (nSPS) is 10.5. The maximum absolute atomic E-state index is 11.9. The fourth-order valence-electron chi connectivity index (χ4n) is 1.86. The van der Waals surface area contributed by atoms with Gasteiger partial charge in [0.15, 0.2) is 5.78 Å². The average molecular weight is 353 g/mol. The topological polar surface area (TPSA) is 29.1 Å². The summed E-state index contributed by atoms with van der Waals surface area (Å²) < 4.78 is 1.08. The van der Waals surface area contributed by atoms with Crippen LogP contribution in [-0.4, -0.2) is 18.9 Å². The van der Waals surface area contributed by atoms with Gasteiger partial charge in [0.2, 0.25) is 0 Å². The summed E-state index contributed by atoms with van der Waals surface area (Å²) in [6.07, 6.45) is 0.896. The first kappa shape index (κ1) is 15.2. The molecule has 0 unspecified atom stereocenters. The molecule has 0 radical (unpaired) electrons. The monoisotopic (exact) mass is 351 g/mol. The largest absolute Gasteiger partial charge is 0.309 e. The zero-order chi connectivity index (χ0) is 14.4. The Labute approximate surface area is 132 Å². The van der Waals surface area contributed by atoms with E-state index in [1.807, 2.05) is 12.1 Å². The number of halogens is 2. The summed E-state index contributed by atoms with van der Waals surface area (Å²) >= 11 is 9.24. The number of benzene rings is 2. The molecule has 0 heterocycles. The zero-order valence-corrected chi connectivity index (χ0v) is 13.2. The van der Waals surface area contributed by atoms with Crippen LogP contribution in [0.15, 0.2) is 53.0 Å². The lowest BCUT2D eigenvalue weighted by Gasteiger charge is -2.05. The van der Waals surface area contributed by atoms with Crippen molar-refractivity contribution in [2.45, 2.75) is 6.42 Å². The number of ketones is 1. The van der Waals surface area contributed by atoms with Crippen LogP contribution < -0.4 is 5.32 Å². The molecule has 1 N–H and O–H groups in total. The van der Waals surface area contributed by atoms with Gasteiger partial charge in [-0.3, -0.25) is 4.79 Å². The van der Waals surface area contributed by atoms with Crippen LogP contribution in [0.2, 0.25) is 5.02 Å². The second kappa shape index (κ2) is 7.58. The SMILES string of the molecule is O=C(CNCCc1cccc(Br)c1)c1ccc(Cl)cc1. The van der Waals surface area contributed by atoms with Gasteiger partial charge in [0.25, 0.3) is 0 Å². The number of carbonyl (C=O) groups is 1. The molecular weight excluding hydrogens is 338 g/mol. The summed E-state index contributed by atoms with van der Waals surface area (Å²) in [5.41, 5.74) is 1.93. The van der Waals surface area contributed by atoms with Gasteiger partial charge in [0.05, 0.1) is 6.54 Å². The van der Waals surface area contributed by atoms with Crippen molar-refractivity contribution >= 4 is 33.3 Å². The van der Waals surface area contributed by atoms with Crippen molar-refractivity contribution < 1.29 is 4.79 Å². The highest BCUT2D eigenvalue weighted by Gasteiger charge is 2.04. The van der Waals surface area contributed by atoms with Crippen molar-refractivity contribution in [3.63, 3.8) is 0 Å². The Morgan fingerprint density at radius 1 is 1.15 bits per heavy atom. The summed E-state index contributed by atoms with van der Waals surface area (Å²) in [5.74, 6) is 0.0795. The van der Waals surface area contributed by atoms with E-state index in [9.17, 15) is 4.79 Å². The molecule has 0 amide bonds. The van der Waals surface area contributed by atoms with Crippen molar-refractivity contribution in [3.05, 3.63) is 69.2 Å². The Morgan fingerprint density at radius 3 is 2.60 bits per heavy atom. The standard InChI is InChI=1S/C16H15BrClNO/c17-14-3-1-2-12(10-14)8-9-19-11-16(20)13-4-6-15(18)7-5-13/h1-7,10,19H,8-9,11H2. The molecule has 0 fully saturated rings. The first-order valence-corrected chi connectivity index (χ1v) is 7.56. The van der Waals surface area contributed by atoms with Crippen LogP contribution in [0.1, 0.15) is 15.9 Å². The molecule has 0 spiro atoms. The Kier molecular flexibility index (Phi) is 5.77. The zero-order valence-electron chi connectivity index (χ0n) is 10.9. The lowest BCUT2D eigenvalue weighted by molar-refractivity contribution is 0.0991. The number of hydrogen-bond donors (Lipinski definition) is 1. The molecule has 2 aromatic carbocycles. The quantitative estimate of drug-likeness (QED) is 0.626. The van der Waals surface area contributed by atoms with Crippen LogP contribution >= 0.6 is 27.5 Å². The Bertz CT molecular complexity index is 583. The molecule has 0 atom stereocenters. The Balaban J connectivity index is 1.76. The van der Waals surface area contributed by atoms with Crippen LogP contribution in [0.5, 0.6) is 0 Å². The molecule has 0 aliphatic rings. The Hall–Kier alpha value is -1.16. The van der Waals surface area contributed by atoms with E-state index in [2.05, 4.69) is 33.4 Å². The fraction of sp³-hybridized carbons (Fsp3) is 0.188. The number of nitrogens with one attached hydrogen (secondary N) is 1. The van der Waals surface area contributed by atoms with Crippen LogP contribution in [-0.2, 0) is 6.42 Å². The molecule has 4 heteroatoms. The molecule has 2 aromatic rings. The van der Waals surface area contributed by atoms with E-state index >= 15 is 0 Å². The van der Waals surface area contributed by atoms with Gasteiger partial charge in [-0.2, -0.15) is 0 Å². The van der Waals surface area contributed by atoms with Gasteiger partial charge >= 0.3 is 0 Å². The molecule has 2 nitrogen and oxygen atoms in total. The van der Waals surface area contributed by atoms with Crippen molar-refractivity contribution in [1.82, 2.24) is 5.32 Å². The summed E-state index contributed by atoms with van der Waals surface area (Å²) in [6, 6.07) is 15.1. The third-order valence-electron chi connectivity index (χ3n) is 2.93. The van der Waals surface area contributed by atoms with Crippen LogP contribution in [0, 0.1) is 0 Å². The third-order valence-corrected chi connectivity index (χ3v) is 3.68. The number of carbonyl (C=O) groups excluding carboxylic acids is 1. The lowest BCUT2D eigenvalue weighted by Crippen LogP contribution is -2.25. The number of rotatable bonds is 6. The van der Waals surface area contributed by atoms with Gasteiger partial charge in [-0.05, 0) is 54.9 Å². The highest BCUT2D eigenvalue weighted by molar-refractivity contribution is 9.10. The number of Topliss-reactive ketones (excluding diaryl/α,β-unsaturated/α-hetero) is 1. The predicted molar refractivity (Wildman–Crippen MR) is 86.5 cm³/mol. The molecule has 104 valence electrons. The molecule has 0 saturated carbocycles. The van der Waals surface area contributed by atoms with Crippen molar-refractivity contribution in [2.24, 2.45) is 0 Å². The maximum atomic E-state index is 11.9. The first-order valence-electron chi connectivity index (χ1n) is 6.39. The van der Waals surface area contributed by atoms with Gasteiger partial charge in [0.1, 0.15) is 0 Å². The minimum absolute atomic E-state index is 0.0795. The molecule has 0 aliphatic heterocycles. The van der Waals surface area contributed by atoms with Gasteiger partial charge < -0.3 is 5.32 Å². The first-order chi connectivity index (χ1) is 9.65. The van der Waals surface area contributed by atoms with Gasteiger partial charge in [-0.25, -0.2) is 0 Å². The minimum Gasteiger partial charge on any atom is -0.309 e. The molecule has 20 heavy (non-hydrogen) atoms. The fourth-order valence-corrected chi connectivity index (χ4v) is 2.44. The van der Waals surface area contributed by atoms with Gasteiger partial charge in [0, 0.05) is 15.1 Å². The van der Waals surface area contributed by atoms with E-state index in [-0.39, 0.29) is 5.78 Å². The third kappa shape index (κ3) is 4.75. The van der Waals surface area contributed by atoms with Crippen LogP contribution in [0.25, 0.3) is 0 Å². The summed E-state index contributed by atoms with van der Waals surface area (Å²) in [4.78, 5) is 11.9. The van der Waals surface area contributed by atoms with Gasteiger partial charge in [-0.1, -0.05) is 39.7 Å². The van der Waals surface area contributed by atoms with E-state index in [1.54, 1.807) is 24.3 Å². The van der Waals surface area contributed by atoms with Crippen LogP contribution in [0.3, 0.4) is 0 Å². The smallest absolute Gasteiger partial charge is 0.176 e. The Morgan fingerprint density at radius 2 is 1.90 bits per heavy atom. The summed E-state index contributed by atoms with van der Waals surface area (Å²) in [5, 5.41) is 3.81.